The SMILES string of the molecule is C=CCNc1nnc(SCC(=O)Nc2cccc(S(=O)(=O)N3CCOCC3)c2)s1. The van der Waals surface area contributed by atoms with Crippen LogP contribution in [0, 0.1) is 0 Å². The van der Waals surface area contributed by atoms with Gasteiger partial charge in [0.25, 0.3) is 0 Å². The van der Waals surface area contributed by atoms with Gasteiger partial charge in [-0.25, -0.2) is 8.42 Å². The highest BCUT2D eigenvalue weighted by molar-refractivity contribution is 8.01. The summed E-state index contributed by atoms with van der Waals surface area (Å²) in [5.74, 6) is -0.122. The lowest BCUT2D eigenvalue weighted by Gasteiger charge is -2.26. The first-order valence-electron chi connectivity index (χ1n) is 8.78. The van der Waals surface area contributed by atoms with E-state index in [0.717, 1.165) is 0 Å². The number of benzene rings is 1. The van der Waals surface area contributed by atoms with Crippen molar-refractivity contribution in [3.05, 3.63) is 36.9 Å². The molecule has 1 aliphatic heterocycles. The zero-order valence-electron chi connectivity index (χ0n) is 15.5. The molecule has 156 valence electrons. The lowest BCUT2D eigenvalue weighted by atomic mass is 10.3. The number of thioether (sulfide) groups is 1. The zero-order chi connectivity index (χ0) is 20.7. The molecule has 12 heteroatoms. The van der Waals surface area contributed by atoms with E-state index in [0.29, 0.717) is 48.0 Å². The van der Waals surface area contributed by atoms with Crippen molar-refractivity contribution >= 4 is 49.8 Å². The van der Waals surface area contributed by atoms with Crippen LogP contribution in [0.4, 0.5) is 10.8 Å². The topological polar surface area (TPSA) is 114 Å². The molecule has 2 aromatic rings. The molecule has 2 N–H and O–H groups in total. The van der Waals surface area contributed by atoms with Crippen LogP contribution >= 0.6 is 23.1 Å². The first kappa shape index (κ1) is 21.7. The lowest BCUT2D eigenvalue weighted by molar-refractivity contribution is -0.113. The number of hydrogen-bond donors (Lipinski definition) is 2. The minimum atomic E-state index is -3.61. The molecule has 0 bridgehead atoms. The summed E-state index contributed by atoms with van der Waals surface area (Å²) in [5.41, 5.74) is 0.426. The number of carbonyl (C=O) groups is 1. The average molecular weight is 456 g/mol. The number of nitrogens with one attached hydrogen (secondary N) is 2. The first-order valence-corrected chi connectivity index (χ1v) is 12.0. The summed E-state index contributed by atoms with van der Waals surface area (Å²) in [6.07, 6.45) is 1.72. The van der Waals surface area contributed by atoms with E-state index >= 15 is 0 Å². The van der Waals surface area contributed by atoms with E-state index in [1.165, 1.54) is 39.5 Å². The Labute approximate surface area is 177 Å². The van der Waals surface area contributed by atoms with Crippen molar-refractivity contribution in [2.24, 2.45) is 0 Å². The number of hydrogen-bond acceptors (Lipinski definition) is 9. The largest absolute Gasteiger partial charge is 0.379 e. The molecule has 0 radical (unpaired) electrons. The summed E-state index contributed by atoms with van der Waals surface area (Å²) < 4.78 is 32.7. The number of morpholine rings is 1. The Morgan fingerprint density at radius 3 is 2.90 bits per heavy atom. The Morgan fingerprint density at radius 2 is 2.14 bits per heavy atom. The third-order valence-electron chi connectivity index (χ3n) is 3.86. The van der Waals surface area contributed by atoms with Crippen molar-refractivity contribution in [1.82, 2.24) is 14.5 Å². The summed E-state index contributed by atoms with van der Waals surface area (Å²) in [7, 11) is -3.61. The molecule has 0 atom stereocenters. The summed E-state index contributed by atoms with van der Waals surface area (Å²) in [6, 6.07) is 6.26. The van der Waals surface area contributed by atoms with E-state index in [9.17, 15) is 13.2 Å². The van der Waals surface area contributed by atoms with E-state index in [1.54, 1.807) is 18.2 Å². The quantitative estimate of drug-likeness (QED) is 0.435. The maximum absolute atomic E-state index is 12.7. The Hall–Kier alpha value is -1.99. The van der Waals surface area contributed by atoms with Crippen molar-refractivity contribution in [3.63, 3.8) is 0 Å². The molecule has 0 saturated carbocycles. The molecule has 1 fully saturated rings. The predicted octanol–water partition coefficient (Wildman–Crippen LogP) is 1.89. The van der Waals surface area contributed by atoms with E-state index in [1.807, 2.05) is 0 Å². The number of sulfonamides is 1. The fourth-order valence-corrected chi connectivity index (χ4v) is 5.51. The number of nitrogens with zero attached hydrogens (tertiary/aromatic N) is 3. The Morgan fingerprint density at radius 1 is 1.34 bits per heavy atom. The Kier molecular flexibility index (Phi) is 7.61. The zero-order valence-corrected chi connectivity index (χ0v) is 18.0. The highest BCUT2D eigenvalue weighted by Crippen LogP contribution is 2.26. The van der Waals surface area contributed by atoms with Gasteiger partial charge in [0.15, 0.2) is 4.34 Å². The Bertz CT molecular complexity index is 957. The molecule has 9 nitrogen and oxygen atoms in total. The van der Waals surface area contributed by atoms with Crippen molar-refractivity contribution in [1.29, 1.82) is 0 Å². The molecule has 0 spiro atoms. The van der Waals surface area contributed by atoms with Crippen molar-refractivity contribution in [3.8, 4) is 0 Å². The van der Waals surface area contributed by atoms with Gasteiger partial charge in [0.1, 0.15) is 0 Å². The fraction of sp³-hybridized carbons (Fsp3) is 0.353. The van der Waals surface area contributed by atoms with Gasteiger partial charge in [-0.1, -0.05) is 35.2 Å². The second-order valence-electron chi connectivity index (χ2n) is 5.92. The Balaban J connectivity index is 1.57. The van der Waals surface area contributed by atoms with Crippen LogP contribution in [-0.2, 0) is 19.6 Å². The molecule has 1 saturated heterocycles. The number of anilines is 2. The van der Waals surface area contributed by atoms with Gasteiger partial charge in [-0.05, 0) is 18.2 Å². The maximum Gasteiger partial charge on any atom is 0.243 e. The van der Waals surface area contributed by atoms with Crippen molar-refractivity contribution < 1.29 is 17.9 Å². The van der Waals surface area contributed by atoms with Gasteiger partial charge >= 0.3 is 0 Å². The summed E-state index contributed by atoms with van der Waals surface area (Å²) in [5, 5.41) is 14.4. The monoisotopic (exact) mass is 455 g/mol. The summed E-state index contributed by atoms with van der Waals surface area (Å²) >= 11 is 2.61. The summed E-state index contributed by atoms with van der Waals surface area (Å²) in [4.78, 5) is 12.4. The van der Waals surface area contributed by atoms with Crippen LogP contribution in [0.25, 0.3) is 0 Å². The number of amides is 1. The second kappa shape index (κ2) is 10.2. The van der Waals surface area contributed by atoms with Crippen LogP contribution in [0.5, 0.6) is 0 Å². The first-order chi connectivity index (χ1) is 14.0. The van der Waals surface area contributed by atoms with Crippen molar-refractivity contribution in [2.75, 3.05) is 49.2 Å². The molecule has 29 heavy (non-hydrogen) atoms. The van der Waals surface area contributed by atoms with Crippen LogP contribution in [-0.4, -0.2) is 67.4 Å². The fourth-order valence-electron chi connectivity index (χ4n) is 2.49. The maximum atomic E-state index is 12.7. The van der Waals surface area contributed by atoms with E-state index < -0.39 is 10.0 Å². The molecular weight excluding hydrogens is 434 g/mol. The van der Waals surface area contributed by atoms with Gasteiger partial charge in [0.2, 0.25) is 21.1 Å². The van der Waals surface area contributed by atoms with E-state index in [-0.39, 0.29) is 16.6 Å². The van der Waals surface area contributed by atoms with Gasteiger partial charge < -0.3 is 15.4 Å². The molecule has 1 aliphatic rings. The highest BCUT2D eigenvalue weighted by Gasteiger charge is 2.26. The third kappa shape index (κ3) is 6.00. The molecule has 0 unspecified atom stereocenters. The molecule has 1 amide bonds. The number of aromatic nitrogens is 2. The minimum absolute atomic E-state index is 0.135. The van der Waals surface area contributed by atoms with Crippen LogP contribution in [0.2, 0.25) is 0 Å². The van der Waals surface area contributed by atoms with Crippen molar-refractivity contribution in [2.45, 2.75) is 9.24 Å². The van der Waals surface area contributed by atoms with Crippen LogP contribution in [0.1, 0.15) is 0 Å². The van der Waals surface area contributed by atoms with Gasteiger partial charge in [0, 0.05) is 25.3 Å². The molecule has 2 heterocycles. The predicted molar refractivity (Wildman–Crippen MR) is 114 cm³/mol. The number of ether oxygens (including phenoxy) is 1. The standard InChI is InChI=1S/C17H21N5O4S3/c1-2-6-18-16-20-21-17(28-16)27-12-15(23)19-13-4-3-5-14(11-13)29(24,25)22-7-9-26-10-8-22/h2-5,11H,1,6-10,12H2,(H,18,20)(H,19,23). The lowest BCUT2D eigenvalue weighted by Crippen LogP contribution is -2.40. The van der Waals surface area contributed by atoms with Crippen LogP contribution in [0.15, 0.2) is 46.2 Å². The van der Waals surface area contributed by atoms with Crippen LogP contribution in [0.3, 0.4) is 0 Å². The molecule has 3 rings (SSSR count). The highest BCUT2D eigenvalue weighted by atomic mass is 32.2. The third-order valence-corrected chi connectivity index (χ3v) is 7.77. The molecule has 1 aromatic carbocycles. The summed E-state index contributed by atoms with van der Waals surface area (Å²) in [6.45, 7) is 5.60. The van der Waals surface area contributed by atoms with Crippen LogP contribution < -0.4 is 10.6 Å². The minimum Gasteiger partial charge on any atom is -0.379 e. The van der Waals surface area contributed by atoms with Gasteiger partial charge in [-0.3, -0.25) is 4.79 Å². The second-order valence-corrected chi connectivity index (χ2v) is 10.1. The van der Waals surface area contributed by atoms with Gasteiger partial charge in [0.05, 0.1) is 23.9 Å². The van der Waals surface area contributed by atoms with E-state index in [2.05, 4.69) is 27.4 Å². The normalized spacial score (nSPS) is 15.0. The number of carbonyl (C=O) groups excluding carboxylic acids is 1. The van der Waals surface area contributed by atoms with Gasteiger partial charge in [-0.2, -0.15) is 4.31 Å². The molecule has 1 aromatic heterocycles. The number of rotatable bonds is 9. The smallest absolute Gasteiger partial charge is 0.243 e. The van der Waals surface area contributed by atoms with Gasteiger partial charge in [-0.15, -0.1) is 16.8 Å². The average Bonchev–Trinajstić information content (AvgIpc) is 3.19. The molecular formula is C17H21N5O4S3. The van der Waals surface area contributed by atoms with E-state index in [4.69, 9.17) is 4.74 Å². The molecule has 0 aliphatic carbocycles.